The first-order chi connectivity index (χ1) is 9.51. The first-order valence-corrected chi connectivity index (χ1v) is 6.49. The molecule has 1 atom stereocenters. The molecule has 0 radical (unpaired) electrons. The smallest absolute Gasteiger partial charge is 0.229 e. The Labute approximate surface area is 119 Å². The van der Waals surface area contributed by atoms with Gasteiger partial charge in [-0.15, -0.1) is 0 Å². The highest BCUT2D eigenvalue weighted by atomic mass is 16.5. The second kappa shape index (κ2) is 5.77. The number of aromatic nitrogens is 2. The Hall–Kier alpha value is -2.30. The van der Waals surface area contributed by atoms with Gasteiger partial charge in [-0.05, 0) is 31.5 Å². The van der Waals surface area contributed by atoms with Gasteiger partial charge in [0.05, 0.1) is 13.2 Å². The summed E-state index contributed by atoms with van der Waals surface area (Å²) in [6.07, 6.45) is 0. The van der Waals surface area contributed by atoms with Crippen molar-refractivity contribution < 1.29 is 4.74 Å². The van der Waals surface area contributed by atoms with Crippen LogP contribution in [-0.2, 0) is 0 Å². The molecule has 1 aromatic heterocycles. The van der Waals surface area contributed by atoms with Crippen LogP contribution in [0.15, 0.2) is 30.3 Å². The zero-order valence-corrected chi connectivity index (χ0v) is 12.3. The third-order valence-corrected chi connectivity index (χ3v) is 3.32. The Morgan fingerprint density at radius 3 is 2.65 bits per heavy atom. The van der Waals surface area contributed by atoms with E-state index >= 15 is 0 Å². The maximum absolute atomic E-state index is 5.84. The largest absolute Gasteiger partial charge is 0.481 e. The van der Waals surface area contributed by atoms with Crippen molar-refractivity contribution in [3.8, 4) is 5.88 Å². The third-order valence-electron chi connectivity index (χ3n) is 3.32. The van der Waals surface area contributed by atoms with E-state index in [4.69, 9.17) is 10.5 Å². The van der Waals surface area contributed by atoms with Gasteiger partial charge in [0.1, 0.15) is 0 Å². The van der Waals surface area contributed by atoms with Gasteiger partial charge in [0.15, 0.2) is 0 Å². The summed E-state index contributed by atoms with van der Waals surface area (Å²) in [5.74, 6) is 1.20. The van der Waals surface area contributed by atoms with E-state index < -0.39 is 0 Å². The number of hydrogen-bond donors (Lipinski definition) is 1. The zero-order valence-electron chi connectivity index (χ0n) is 12.3. The van der Waals surface area contributed by atoms with E-state index in [1.807, 2.05) is 49.2 Å². The van der Waals surface area contributed by atoms with Crippen molar-refractivity contribution in [2.24, 2.45) is 0 Å². The van der Waals surface area contributed by atoms with Crippen molar-refractivity contribution in [2.75, 3.05) is 24.8 Å². The van der Waals surface area contributed by atoms with Crippen molar-refractivity contribution in [3.05, 3.63) is 41.6 Å². The minimum absolute atomic E-state index is 0.116. The predicted octanol–water partition coefficient (Wildman–Crippen LogP) is 2.57. The zero-order chi connectivity index (χ0) is 14.7. The quantitative estimate of drug-likeness (QED) is 0.867. The predicted molar refractivity (Wildman–Crippen MR) is 81.0 cm³/mol. The minimum Gasteiger partial charge on any atom is -0.481 e. The lowest BCUT2D eigenvalue weighted by atomic mass is 10.1. The molecule has 0 aliphatic rings. The van der Waals surface area contributed by atoms with Gasteiger partial charge in [-0.1, -0.05) is 12.1 Å². The molecule has 1 unspecified atom stereocenters. The molecule has 2 N–H and O–H groups in total. The molecule has 0 fully saturated rings. The van der Waals surface area contributed by atoms with Crippen molar-refractivity contribution in [2.45, 2.75) is 19.9 Å². The van der Waals surface area contributed by atoms with Gasteiger partial charge in [-0.25, -0.2) is 4.98 Å². The van der Waals surface area contributed by atoms with E-state index in [0.29, 0.717) is 11.8 Å². The topological polar surface area (TPSA) is 64.3 Å². The van der Waals surface area contributed by atoms with E-state index in [1.54, 1.807) is 7.11 Å². The highest BCUT2D eigenvalue weighted by molar-refractivity contribution is 5.44. The standard InChI is InChI=1S/C15H20N4O/c1-10-8-14(20-4)18-15(17-10)19(3)11(2)12-6-5-7-13(16)9-12/h5-9,11H,16H2,1-4H3. The molecule has 2 aromatic rings. The second-order valence-corrected chi connectivity index (χ2v) is 4.81. The van der Waals surface area contributed by atoms with E-state index in [0.717, 1.165) is 16.9 Å². The van der Waals surface area contributed by atoms with Gasteiger partial charge in [0.25, 0.3) is 0 Å². The minimum atomic E-state index is 0.116. The first kappa shape index (κ1) is 14.1. The Morgan fingerprint density at radius 1 is 1.25 bits per heavy atom. The molecule has 0 spiro atoms. The summed E-state index contributed by atoms with van der Waals surface area (Å²) in [7, 11) is 3.56. The molecule has 0 saturated heterocycles. The number of anilines is 2. The molecular formula is C15H20N4O. The summed E-state index contributed by atoms with van der Waals surface area (Å²) in [6, 6.07) is 9.76. The van der Waals surface area contributed by atoms with Gasteiger partial charge < -0.3 is 15.4 Å². The Kier molecular flexibility index (Phi) is 4.08. The lowest BCUT2D eigenvalue weighted by Crippen LogP contribution is -2.24. The normalized spacial score (nSPS) is 12.0. The van der Waals surface area contributed by atoms with Crippen LogP contribution in [0.2, 0.25) is 0 Å². The summed E-state index contributed by atoms with van der Waals surface area (Å²) in [5.41, 5.74) is 8.59. The summed E-state index contributed by atoms with van der Waals surface area (Å²) in [6.45, 7) is 4.01. The second-order valence-electron chi connectivity index (χ2n) is 4.81. The number of benzene rings is 1. The lowest BCUT2D eigenvalue weighted by Gasteiger charge is -2.26. The lowest BCUT2D eigenvalue weighted by molar-refractivity contribution is 0.396. The van der Waals surface area contributed by atoms with Crippen LogP contribution < -0.4 is 15.4 Å². The van der Waals surface area contributed by atoms with Crippen LogP contribution in [0, 0.1) is 6.92 Å². The molecule has 5 nitrogen and oxygen atoms in total. The Morgan fingerprint density at radius 2 is 2.00 bits per heavy atom. The highest BCUT2D eigenvalue weighted by Crippen LogP contribution is 2.25. The summed E-state index contributed by atoms with van der Waals surface area (Å²) in [4.78, 5) is 10.8. The highest BCUT2D eigenvalue weighted by Gasteiger charge is 2.16. The average Bonchev–Trinajstić information content (AvgIpc) is 2.45. The Bertz CT molecular complexity index is 600. The number of nitrogens with zero attached hydrogens (tertiary/aromatic N) is 3. The summed E-state index contributed by atoms with van der Waals surface area (Å²) in [5, 5.41) is 0. The molecule has 0 amide bonds. The van der Waals surface area contributed by atoms with Crippen molar-refractivity contribution in [1.82, 2.24) is 9.97 Å². The number of nitrogens with two attached hydrogens (primary N) is 1. The van der Waals surface area contributed by atoms with Crippen molar-refractivity contribution in [1.29, 1.82) is 0 Å². The number of hydrogen-bond acceptors (Lipinski definition) is 5. The number of methoxy groups -OCH3 is 1. The van der Waals surface area contributed by atoms with E-state index in [-0.39, 0.29) is 6.04 Å². The van der Waals surface area contributed by atoms with Crippen molar-refractivity contribution in [3.63, 3.8) is 0 Å². The van der Waals surface area contributed by atoms with Crippen molar-refractivity contribution >= 4 is 11.6 Å². The molecule has 5 heteroatoms. The molecule has 1 aromatic carbocycles. The van der Waals surface area contributed by atoms with Gasteiger partial charge in [0, 0.05) is 24.5 Å². The Balaban J connectivity index is 2.30. The van der Waals surface area contributed by atoms with E-state index in [1.165, 1.54) is 0 Å². The fraction of sp³-hybridized carbons (Fsp3) is 0.333. The van der Waals surface area contributed by atoms with Crippen LogP contribution in [0.4, 0.5) is 11.6 Å². The fourth-order valence-electron chi connectivity index (χ4n) is 2.00. The van der Waals surface area contributed by atoms with Crippen LogP contribution in [0.5, 0.6) is 5.88 Å². The molecule has 0 bridgehead atoms. The van der Waals surface area contributed by atoms with Crippen LogP contribution in [-0.4, -0.2) is 24.1 Å². The van der Waals surface area contributed by atoms with Crippen LogP contribution in [0.1, 0.15) is 24.2 Å². The van der Waals surface area contributed by atoms with E-state index in [2.05, 4.69) is 16.9 Å². The number of nitrogen functional groups attached to an aromatic ring is 1. The van der Waals surface area contributed by atoms with Gasteiger partial charge in [0.2, 0.25) is 11.8 Å². The fourth-order valence-corrected chi connectivity index (χ4v) is 2.00. The molecular weight excluding hydrogens is 252 g/mol. The van der Waals surface area contributed by atoms with Gasteiger partial charge in [-0.3, -0.25) is 0 Å². The number of rotatable bonds is 4. The monoisotopic (exact) mass is 272 g/mol. The maximum Gasteiger partial charge on any atom is 0.229 e. The number of ether oxygens (including phenoxy) is 1. The SMILES string of the molecule is COc1cc(C)nc(N(C)C(C)c2cccc(N)c2)n1. The molecule has 0 aliphatic carbocycles. The summed E-state index contributed by atoms with van der Waals surface area (Å²) < 4.78 is 5.19. The van der Waals surface area contributed by atoms with Gasteiger partial charge in [-0.2, -0.15) is 4.98 Å². The molecule has 20 heavy (non-hydrogen) atoms. The van der Waals surface area contributed by atoms with Crippen LogP contribution in [0.25, 0.3) is 0 Å². The first-order valence-electron chi connectivity index (χ1n) is 6.49. The van der Waals surface area contributed by atoms with Crippen LogP contribution >= 0.6 is 0 Å². The van der Waals surface area contributed by atoms with E-state index in [9.17, 15) is 0 Å². The third kappa shape index (κ3) is 2.99. The molecule has 1 heterocycles. The maximum atomic E-state index is 5.84. The molecule has 2 rings (SSSR count). The molecule has 0 aliphatic heterocycles. The summed E-state index contributed by atoms with van der Waals surface area (Å²) >= 11 is 0. The molecule has 0 saturated carbocycles. The van der Waals surface area contributed by atoms with Crippen LogP contribution in [0.3, 0.4) is 0 Å². The number of aryl methyl sites for hydroxylation is 1. The average molecular weight is 272 g/mol. The molecule has 106 valence electrons. The van der Waals surface area contributed by atoms with Gasteiger partial charge >= 0.3 is 0 Å².